The molecule has 0 bridgehead atoms. The van der Waals surface area contributed by atoms with Crippen LogP contribution in [0.25, 0.3) is 0 Å². The molecule has 3 rings (SSSR count). The van der Waals surface area contributed by atoms with Gasteiger partial charge in [-0.1, -0.05) is 0 Å². The van der Waals surface area contributed by atoms with Gasteiger partial charge in [-0.2, -0.15) is 0 Å². The molecule has 0 aliphatic carbocycles. The molecule has 0 fully saturated rings. The topological polar surface area (TPSA) is 55.6 Å². The van der Waals surface area contributed by atoms with Gasteiger partial charge in [0.25, 0.3) is 0 Å². The van der Waals surface area contributed by atoms with Gasteiger partial charge < -0.3 is 15.4 Å². The summed E-state index contributed by atoms with van der Waals surface area (Å²) < 4.78 is 4.77. The summed E-state index contributed by atoms with van der Waals surface area (Å²) in [6.45, 7) is 1.76. The number of methoxy groups -OCH3 is 1. The van der Waals surface area contributed by atoms with Crippen LogP contribution in [-0.4, -0.2) is 19.6 Å². The summed E-state index contributed by atoms with van der Waals surface area (Å²) in [5, 5.41) is 2.13. The van der Waals surface area contributed by atoms with Crippen LogP contribution in [0.4, 0.5) is 11.4 Å². The second-order valence-electron chi connectivity index (χ2n) is 4.81. The molecule has 1 aromatic carbocycles. The highest BCUT2D eigenvalue weighted by Crippen LogP contribution is 2.31. The van der Waals surface area contributed by atoms with Crippen molar-refractivity contribution >= 4 is 28.7 Å². The van der Waals surface area contributed by atoms with Gasteiger partial charge in [0.1, 0.15) is 0 Å². The van der Waals surface area contributed by atoms with Crippen molar-refractivity contribution in [1.29, 1.82) is 0 Å². The summed E-state index contributed by atoms with van der Waals surface area (Å²) in [6, 6.07) is 7.44. The largest absolute Gasteiger partial charge is 0.465 e. The lowest BCUT2D eigenvalue weighted by atomic mass is 10.1. The highest BCUT2D eigenvalue weighted by molar-refractivity contribution is 7.10. The lowest BCUT2D eigenvalue weighted by Crippen LogP contribution is -2.30. The standard InChI is InChI=1S/C15H16N2O2S/c1-19-15(18)10-2-3-12(16)13(8-10)17-6-4-14-11(9-17)5-7-20-14/h2-3,5,7-8H,4,6,9,16H2,1H3. The third-order valence-electron chi connectivity index (χ3n) is 3.60. The molecule has 5 heteroatoms. The Kier molecular flexibility index (Phi) is 3.36. The zero-order valence-corrected chi connectivity index (χ0v) is 12.1. The fourth-order valence-corrected chi connectivity index (χ4v) is 3.41. The first-order valence-corrected chi connectivity index (χ1v) is 7.35. The van der Waals surface area contributed by atoms with Gasteiger partial charge in [-0.05, 0) is 41.6 Å². The second kappa shape index (κ2) is 5.17. The van der Waals surface area contributed by atoms with Crippen molar-refractivity contribution < 1.29 is 9.53 Å². The van der Waals surface area contributed by atoms with Crippen molar-refractivity contribution in [3.8, 4) is 0 Å². The zero-order valence-electron chi connectivity index (χ0n) is 11.3. The van der Waals surface area contributed by atoms with Crippen molar-refractivity contribution in [1.82, 2.24) is 0 Å². The lowest BCUT2D eigenvalue weighted by Gasteiger charge is -2.30. The van der Waals surface area contributed by atoms with Crippen LogP contribution in [0.1, 0.15) is 20.8 Å². The molecule has 0 amide bonds. The molecule has 0 saturated carbocycles. The quantitative estimate of drug-likeness (QED) is 0.682. The van der Waals surface area contributed by atoms with E-state index in [1.807, 2.05) is 6.07 Å². The number of benzene rings is 1. The summed E-state index contributed by atoms with van der Waals surface area (Å²) >= 11 is 1.81. The van der Waals surface area contributed by atoms with E-state index in [1.165, 1.54) is 17.6 Å². The molecular weight excluding hydrogens is 272 g/mol. The summed E-state index contributed by atoms with van der Waals surface area (Å²) in [7, 11) is 1.39. The van der Waals surface area contributed by atoms with Gasteiger partial charge in [0.15, 0.2) is 0 Å². The minimum Gasteiger partial charge on any atom is -0.465 e. The van der Waals surface area contributed by atoms with E-state index in [9.17, 15) is 4.79 Å². The summed E-state index contributed by atoms with van der Waals surface area (Å²) in [6.07, 6.45) is 1.02. The van der Waals surface area contributed by atoms with Crippen molar-refractivity contribution in [2.75, 3.05) is 24.3 Å². The van der Waals surface area contributed by atoms with Crippen molar-refractivity contribution in [2.24, 2.45) is 0 Å². The number of rotatable bonds is 2. The Morgan fingerprint density at radius 3 is 3.05 bits per heavy atom. The van der Waals surface area contributed by atoms with Crippen LogP contribution in [0.3, 0.4) is 0 Å². The van der Waals surface area contributed by atoms with Crippen LogP contribution in [0.2, 0.25) is 0 Å². The first-order valence-electron chi connectivity index (χ1n) is 6.47. The molecule has 1 aliphatic heterocycles. The number of anilines is 2. The van der Waals surface area contributed by atoms with E-state index < -0.39 is 0 Å². The predicted molar refractivity (Wildman–Crippen MR) is 81.3 cm³/mol. The maximum atomic E-state index is 11.6. The molecule has 1 aromatic heterocycles. The third kappa shape index (κ3) is 2.25. The molecule has 0 radical (unpaired) electrons. The van der Waals surface area contributed by atoms with E-state index in [4.69, 9.17) is 10.5 Å². The number of fused-ring (bicyclic) bond motifs is 1. The van der Waals surface area contributed by atoms with Gasteiger partial charge in [-0.25, -0.2) is 4.79 Å². The SMILES string of the molecule is COC(=O)c1ccc(N)c(N2CCc3sccc3C2)c1. The van der Waals surface area contributed by atoms with E-state index >= 15 is 0 Å². The maximum Gasteiger partial charge on any atom is 0.337 e. The second-order valence-corrected chi connectivity index (χ2v) is 5.81. The van der Waals surface area contributed by atoms with Gasteiger partial charge in [-0.3, -0.25) is 0 Å². The zero-order chi connectivity index (χ0) is 14.1. The number of hydrogen-bond donors (Lipinski definition) is 1. The van der Waals surface area contributed by atoms with E-state index in [1.54, 1.807) is 23.5 Å². The van der Waals surface area contributed by atoms with Gasteiger partial charge >= 0.3 is 5.97 Å². The Hall–Kier alpha value is -2.01. The van der Waals surface area contributed by atoms with E-state index in [2.05, 4.69) is 16.3 Å². The summed E-state index contributed by atoms with van der Waals surface area (Å²) in [5.74, 6) is -0.334. The molecule has 104 valence electrons. The number of carbonyl (C=O) groups excluding carboxylic acids is 1. The Bertz CT molecular complexity index is 651. The number of nitrogens with zero attached hydrogens (tertiary/aromatic N) is 1. The molecule has 2 heterocycles. The maximum absolute atomic E-state index is 11.6. The first-order chi connectivity index (χ1) is 9.69. The van der Waals surface area contributed by atoms with Crippen LogP contribution < -0.4 is 10.6 Å². The number of esters is 1. The Morgan fingerprint density at radius 2 is 2.25 bits per heavy atom. The van der Waals surface area contributed by atoms with Crippen molar-refractivity contribution in [2.45, 2.75) is 13.0 Å². The van der Waals surface area contributed by atoms with Crippen LogP contribution in [0.15, 0.2) is 29.6 Å². The third-order valence-corrected chi connectivity index (χ3v) is 4.62. The van der Waals surface area contributed by atoms with E-state index in [0.29, 0.717) is 11.3 Å². The van der Waals surface area contributed by atoms with Gasteiger partial charge in [0.2, 0.25) is 0 Å². The minimum absolute atomic E-state index is 0.334. The Labute approximate surface area is 121 Å². The molecular formula is C15H16N2O2S. The van der Waals surface area contributed by atoms with Gasteiger partial charge in [0.05, 0.1) is 24.0 Å². The molecule has 0 atom stereocenters. The van der Waals surface area contributed by atoms with Crippen LogP contribution in [0, 0.1) is 0 Å². The average Bonchev–Trinajstić information content (AvgIpc) is 2.94. The number of nitrogen functional groups attached to an aromatic ring is 1. The fourth-order valence-electron chi connectivity index (χ4n) is 2.52. The normalized spacial score (nSPS) is 13.9. The molecule has 4 nitrogen and oxygen atoms in total. The highest BCUT2D eigenvalue weighted by Gasteiger charge is 2.20. The average molecular weight is 288 g/mol. The van der Waals surface area contributed by atoms with Crippen LogP contribution >= 0.6 is 11.3 Å². The molecule has 2 N–H and O–H groups in total. The summed E-state index contributed by atoms with van der Waals surface area (Å²) in [5.41, 5.74) is 9.55. The molecule has 20 heavy (non-hydrogen) atoms. The molecule has 0 spiro atoms. The van der Waals surface area contributed by atoms with Gasteiger partial charge in [0, 0.05) is 18.0 Å². The number of thiophene rings is 1. The number of nitrogens with two attached hydrogens (primary N) is 1. The predicted octanol–water partition coefficient (Wildman–Crippen LogP) is 2.68. The lowest BCUT2D eigenvalue weighted by molar-refractivity contribution is 0.0601. The van der Waals surface area contributed by atoms with Crippen LogP contribution in [-0.2, 0) is 17.7 Å². The molecule has 0 saturated heterocycles. The van der Waals surface area contributed by atoms with Gasteiger partial charge in [-0.15, -0.1) is 11.3 Å². The fraction of sp³-hybridized carbons (Fsp3) is 0.267. The number of carbonyl (C=O) groups is 1. The first kappa shape index (κ1) is 13.0. The molecule has 1 aliphatic rings. The number of hydrogen-bond acceptors (Lipinski definition) is 5. The Balaban J connectivity index is 1.92. The number of ether oxygens (including phenoxy) is 1. The van der Waals surface area contributed by atoms with Crippen LogP contribution in [0.5, 0.6) is 0 Å². The highest BCUT2D eigenvalue weighted by atomic mass is 32.1. The molecule has 0 unspecified atom stereocenters. The van der Waals surface area contributed by atoms with Crippen molar-refractivity contribution in [3.05, 3.63) is 45.6 Å². The summed E-state index contributed by atoms with van der Waals surface area (Å²) in [4.78, 5) is 15.3. The van der Waals surface area contributed by atoms with Crippen molar-refractivity contribution in [3.63, 3.8) is 0 Å². The monoisotopic (exact) mass is 288 g/mol. The Morgan fingerprint density at radius 1 is 1.40 bits per heavy atom. The van der Waals surface area contributed by atoms with E-state index in [-0.39, 0.29) is 5.97 Å². The smallest absolute Gasteiger partial charge is 0.337 e. The minimum atomic E-state index is -0.334. The molecule has 2 aromatic rings. The van der Waals surface area contributed by atoms with E-state index in [0.717, 1.165) is 25.2 Å².